The minimum atomic E-state index is 0.653. The van der Waals surface area contributed by atoms with E-state index in [0.29, 0.717) is 6.04 Å². The van der Waals surface area contributed by atoms with Crippen LogP contribution in [0, 0.1) is 0 Å². The molecule has 92 valence electrons. The molecule has 3 rings (SSSR count). The predicted octanol–water partition coefficient (Wildman–Crippen LogP) is 1.46. The highest BCUT2D eigenvalue weighted by Gasteiger charge is 2.24. The first-order valence-electron chi connectivity index (χ1n) is 6.28. The maximum absolute atomic E-state index is 4.65. The van der Waals surface area contributed by atoms with E-state index in [2.05, 4.69) is 20.6 Å². The van der Waals surface area contributed by atoms with Crippen LogP contribution < -0.4 is 10.6 Å². The number of fused-ring (bicyclic) bond motifs is 1. The maximum atomic E-state index is 4.65. The Kier molecular flexibility index (Phi) is 3.20. The van der Waals surface area contributed by atoms with Gasteiger partial charge in [0.2, 0.25) is 0 Å². The van der Waals surface area contributed by atoms with Gasteiger partial charge in [0.15, 0.2) is 5.16 Å². The van der Waals surface area contributed by atoms with Crippen LogP contribution in [0.3, 0.4) is 0 Å². The molecule has 0 amide bonds. The van der Waals surface area contributed by atoms with Crippen molar-refractivity contribution in [2.24, 2.45) is 0 Å². The Labute approximate surface area is 106 Å². The molecule has 4 nitrogen and oxygen atoms in total. The zero-order chi connectivity index (χ0) is 11.7. The first-order valence-corrected chi connectivity index (χ1v) is 7.50. The Hall–Kier alpha value is -0.810. The fourth-order valence-corrected chi connectivity index (χ4v) is 2.54. The number of thioether (sulfide) groups is 1. The van der Waals surface area contributed by atoms with Crippen molar-refractivity contribution < 1.29 is 0 Å². The molecular formula is C12H18N4S. The van der Waals surface area contributed by atoms with Gasteiger partial charge in [-0.15, -0.1) is 0 Å². The molecule has 1 aliphatic heterocycles. The summed E-state index contributed by atoms with van der Waals surface area (Å²) in [6.45, 7) is 2.06. The molecule has 17 heavy (non-hydrogen) atoms. The minimum absolute atomic E-state index is 0.653. The van der Waals surface area contributed by atoms with Crippen molar-refractivity contribution in [2.75, 3.05) is 24.7 Å². The van der Waals surface area contributed by atoms with E-state index in [1.54, 1.807) is 11.8 Å². The van der Waals surface area contributed by atoms with Gasteiger partial charge < -0.3 is 10.6 Å². The predicted molar refractivity (Wildman–Crippen MR) is 70.7 cm³/mol. The van der Waals surface area contributed by atoms with Crippen LogP contribution in [0.5, 0.6) is 0 Å². The largest absolute Gasteiger partial charge is 0.367 e. The third-order valence-corrected chi connectivity index (χ3v) is 3.81. The number of rotatable bonds is 3. The van der Waals surface area contributed by atoms with Gasteiger partial charge in [0.1, 0.15) is 5.82 Å². The fraction of sp³-hybridized carbons (Fsp3) is 0.667. The van der Waals surface area contributed by atoms with Gasteiger partial charge >= 0.3 is 0 Å². The van der Waals surface area contributed by atoms with E-state index in [4.69, 9.17) is 0 Å². The van der Waals surface area contributed by atoms with Crippen LogP contribution in [-0.2, 0) is 12.8 Å². The normalized spacial score (nSPS) is 19.6. The van der Waals surface area contributed by atoms with Gasteiger partial charge in [0.25, 0.3) is 0 Å². The second-order valence-corrected chi connectivity index (χ2v) is 5.43. The summed E-state index contributed by atoms with van der Waals surface area (Å²) in [4.78, 5) is 9.29. The molecule has 0 aromatic carbocycles. The molecule has 1 saturated carbocycles. The van der Waals surface area contributed by atoms with Crippen LogP contribution >= 0.6 is 11.8 Å². The molecule has 0 atom stereocenters. The third kappa shape index (κ3) is 2.55. The van der Waals surface area contributed by atoms with Crippen molar-refractivity contribution >= 4 is 17.6 Å². The van der Waals surface area contributed by atoms with E-state index in [1.807, 2.05) is 6.26 Å². The van der Waals surface area contributed by atoms with E-state index in [9.17, 15) is 0 Å². The second-order valence-electron chi connectivity index (χ2n) is 4.65. The van der Waals surface area contributed by atoms with Gasteiger partial charge in [0.05, 0.1) is 5.69 Å². The van der Waals surface area contributed by atoms with Crippen molar-refractivity contribution in [3.8, 4) is 0 Å². The van der Waals surface area contributed by atoms with Gasteiger partial charge in [-0.3, -0.25) is 0 Å². The van der Waals surface area contributed by atoms with E-state index in [-0.39, 0.29) is 0 Å². The summed E-state index contributed by atoms with van der Waals surface area (Å²) in [7, 11) is 0. The molecular weight excluding hydrogens is 232 g/mol. The summed E-state index contributed by atoms with van der Waals surface area (Å²) in [6.07, 6.45) is 6.67. The lowest BCUT2D eigenvalue weighted by atomic mass is 10.1. The van der Waals surface area contributed by atoms with Crippen LogP contribution in [0.25, 0.3) is 0 Å². The van der Waals surface area contributed by atoms with Crippen LogP contribution in [0.15, 0.2) is 5.16 Å². The zero-order valence-electron chi connectivity index (χ0n) is 10.1. The molecule has 1 aliphatic carbocycles. The Morgan fingerprint density at radius 1 is 1.24 bits per heavy atom. The van der Waals surface area contributed by atoms with Crippen molar-refractivity contribution in [2.45, 2.75) is 36.9 Å². The lowest BCUT2D eigenvalue weighted by molar-refractivity contribution is 0.707. The van der Waals surface area contributed by atoms with Crippen LogP contribution in [0.2, 0.25) is 0 Å². The average Bonchev–Trinajstić information content (AvgIpc) is 3.14. The number of nitrogens with one attached hydrogen (secondary N) is 2. The standard InChI is InChI=1S/C12H18N4S/c1-17-12-15-10-5-7-13-6-4-9(10)11(16-12)14-8-2-3-8/h8,13H,2-7H2,1H3,(H,14,15,16). The zero-order valence-corrected chi connectivity index (χ0v) is 10.9. The Bertz CT molecular complexity index is 417. The van der Waals surface area contributed by atoms with Gasteiger partial charge in [-0.2, -0.15) is 0 Å². The van der Waals surface area contributed by atoms with Crippen LogP contribution in [0.4, 0.5) is 5.82 Å². The van der Waals surface area contributed by atoms with Gasteiger partial charge in [-0.25, -0.2) is 9.97 Å². The lowest BCUT2D eigenvalue weighted by Crippen LogP contribution is -2.16. The minimum Gasteiger partial charge on any atom is -0.367 e. The average molecular weight is 250 g/mol. The summed E-state index contributed by atoms with van der Waals surface area (Å²) >= 11 is 1.63. The molecule has 0 saturated heterocycles. The molecule has 1 fully saturated rings. The summed E-state index contributed by atoms with van der Waals surface area (Å²) in [5.41, 5.74) is 2.57. The topological polar surface area (TPSA) is 49.8 Å². The third-order valence-electron chi connectivity index (χ3n) is 3.26. The molecule has 0 bridgehead atoms. The summed E-state index contributed by atoms with van der Waals surface area (Å²) in [5, 5.41) is 7.88. The molecule has 1 aromatic rings. The monoisotopic (exact) mass is 250 g/mol. The fourth-order valence-electron chi connectivity index (χ4n) is 2.15. The van der Waals surface area contributed by atoms with E-state index >= 15 is 0 Å². The number of anilines is 1. The van der Waals surface area contributed by atoms with Crippen molar-refractivity contribution in [3.05, 3.63) is 11.3 Å². The van der Waals surface area contributed by atoms with Crippen LogP contribution in [0.1, 0.15) is 24.1 Å². The van der Waals surface area contributed by atoms with Crippen molar-refractivity contribution in [1.29, 1.82) is 0 Å². The van der Waals surface area contributed by atoms with Crippen molar-refractivity contribution in [3.63, 3.8) is 0 Å². The molecule has 5 heteroatoms. The summed E-state index contributed by atoms with van der Waals surface area (Å²) in [6, 6.07) is 0.653. The first kappa shape index (κ1) is 11.3. The number of aromatic nitrogens is 2. The molecule has 2 aliphatic rings. The van der Waals surface area contributed by atoms with Gasteiger partial charge in [0, 0.05) is 24.6 Å². The van der Waals surface area contributed by atoms with E-state index < -0.39 is 0 Å². The Morgan fingerprint density at radius 2 is 2.06 bits per heavy atom. The molecule has 0 unspecified atom stereocenters. The molecule has 2 heterocycles. The van der Waals surface area contributed by atoms with E-state index in [1.165, 1.54) is 24.1 Å². The van der Waals surface area contributed by atoms with Crippen LogP contribution in [-0.4, -0.2) is 35.4 Å². The van der Waals surface area contributed by atoms with Gasteiger partial charge in [-0.05, 0) is 32.1 Å². The quantitative estimate of drug-likeness (QED) is 0.628. The highest BCUT2D eigenvalue weighted by Crippen LogP contribution is 2.28. The van der Waals surface area contributed by atoms with E-state index in [0.717, 1.165) is 36.9 Å². The summed E-state index contributed by atoms with van der Waals surface area (Å²) < 4.78 is 0. The SMILES string of the molecule is CSc1nc2c(c(NC3CC3)n1)CCNCC2. The first-order chi connectivity index (χ1) is 8.36. The Balaban J connectivity index is 1.97. The summed E-state index contributed by atoms with van der Waals surface area (Å²) in [5.74, 6) is 1.09. The highest BCUT2D eigenvalue weighted by molar-refractivity contribution is 7.98. The molecule has 1 aromatic heterocycles. The maximum Gasteiger partial charge on any atom is 0.189 e. The lowest BCUT2D eigenvalue weighted by Gasteiger charge is -2.13. The smallest absolute Gasteiger partial charge is 0.189 e. The number of hydrogen-bond acceptors (Lipinski definition) is 5. The van der Waals surface area contributed by atoms with Crippen molar-refractivity contribution in [1.82, 2.24) is 15.3 Å². The molecule has 2 N–H and O–H groups in total. The van der Waals surface area contributed by atoms with Gasteiger partial charge in [-0.1, -0.05) is 11.8 Å². The number of hydrogen-bond donors (Lipinski definition) is 2. The Morgan fingerprint density at radius 3 is 2.82 bits per heavy atom. The highest BCUT2D eigenvalue weighted by atomic mass is 32.2. The molecule has 0 radical (unpaired) electrons. The second kappa shape index (κ2) is 4.82. The molecule has 0 spiro atoms. The number of nitrogens with zero attached hydrogens (tertiary/aromatic N) is 2.